The Morgan fingerprint density at radius 3 is 0.883 bits per heavy atom. The third-order valence-corrected chi connectivity index (χ3v) is 19.8. The number of benzene rings is 12. The van der Waals surface area contributed by atoms with Crippen LogP contribution in [-0.2, 0) is 21.7 Å². The lowest BCUT2D eigenvalue weighted by atomic mass is 9.33. The minimum Gasteiger partial charge on any atom is -0.310 e. The summed E-state index contributed by atoms with van der Waals surface area (Å²) in [4.78, 5) is 5.23. The molecule has 2 heterocycles. The van der Waals surface area contributed by atoms with E-state index in [1.807, 2.05) is 0 Å². The number of aryl methyl sites for hydroxylation is 3. The van der Waals surface area contributed by atoms with Crippen molar-refractivity contribution in [2.24, 2.45) is 0 Å². The van der Waals surface area contributed by atoms with Crippen LogP contribution in [0.25, 0.3) is 77.9 Å². The van der Waals surface area contributed by atoms with Crippen LogP contribution in [0.15, 0.2) is 255 Å². The molecule has 0 bridgehead atoms. The predicted molar refractivity (Wildman–Crippen MR) is 408 cm³/mol. The molecule has 464 valence electrons. The zero-order valence-electron chi connectivity index (χ0n) is 59.6. The molecule has 12 aromatic rings. The van der Waals surface area contributed by atoms with Crippen molar-refractivity contribution in [2.75, 3.05) is 9.80 Å². The van der Waals surface area contributed by atoms with Crippen molar-refractivity contribution >= 4 is 57.2 Å². The molecule has 0 amide bonds. The fourth-order valence-corrected chi connectivity index (χ4v) is 14.7. The summed E-state index contributed by atoms with van der Waals surface area (Å²) in [5.41, 5.74) is 33.2. The molecule has 0 aliphatic carbocycles. The van der Waals surface area contributed by atoms with E-state index in [2.05, 4.69) is 356 Å². The van der Waals surface area contributed by atoms with E-state index in [0.29, 0.717) is 12.1 Å². The molecule has 12 aromatic carbocycles. The predicted octanol–water partition coefficient (Wildman–Crippen LogP) is 23.6. The van der Waals surface area contributed by atoms with Crippen LogP contribution in [-0.4, -0.2) is 6.71 Å². The molecule has 0 N–H and O–H groups in total. The first kappa shape index (κ1) is 59.3. The minimum absolute atomic E-state index is 0.109. The third kappa shape index (κ3) is 11.2. The summed E-state index contributed by atoms with van der Waals surface area (Å²) < 4.78 is 19.6. The summed E-state index contributed by atoms with van der Waals surface area (Å²) in [6.07, 6.45) is 0. The molecular formula is C91H87BN2. The van der Waals surface area contributed by atoms with Crippen molar-refractivity contribution in [3.63, 3.8) is 0 Å². The Hall–Kier alpha value is -9.70. The van der Waals surface area contributed by atoms with Crippen molar-refractivity contribution < 1.29 is 2.74 Å². The minimum atomic E-state index is -0.270. The van der Waals surface area contributed by atoms with E-state index in [-0.39, 0.29) is 28.4 Å². The zero-order valence-corrected chi connectivity index (χ0v) is 57.6. The molecular weight excluding hydrogens is 1130 g/mol. The number of hydrogen-bond donors (Lipinski definition) is 0. The molecule has 2 nitrogen and oxygen atoms in total. The van der Waals surface area contributed by atoms with Crippen molar-refractivity contribution in [1.29, 1.82) is 0 Å². The quantitative estimate of drug-likeness (QED) is 0.133. The fourth-order valence-electron chi connectivity index (χ4n) is 14.7. The molecule has 0 radical (unpaired) electrons. The van der Waals surface area contributed by atoms with Gasteiger partial charge in [0.2, 0.25) is 0 Å². The molecule has 0 saturated heterocycles. The van der Waals surface area contributed by atoms with Gasteiger partial charge in [-0.15, -0.1) is 0 Å². The van der Waals surface area contributed by atoms with Crippen molar-refractivity contribution in [2.45, 2.75) is 126 Å². The highest BCUT2D eigenvalue weighted by molar-refractivity contribution is 7.00. The second-order valence-corrected chi connectivity index (χ2v) is 30.7. The third-order valence-electron chi connectivity index (χ3n) is 19.8. The molecule has 0 atom stereocenters. The van der Waals surface area contributed by atoms with Crippen molar-refractivity contribution in [3.05, 3.63) is 294 Å². The first-order chi connectivity index (χ1) is 45.7. The second kappa shape index (κ2) is 23.4. The standard InChI is InChI=1S/C91H87BN2/c1-58-46-59(2)84(60(3)47-58)69-54-82-85-83(55-69)94(87-76(63-34-24-18-25-35-63)40-29-41-77(87)64-36-26-19-27-37-64)81-53-66(68-50-72(90(10,11)12)57-73(51-68)91(13,14)15)43-45-79(81)92(85)78-44-42-65(67-48-70(88(4,5)6)56-71(49-67)89(7,8)9)52-80(78)93(82)86-74(61-30-20-16-21-31-61)38-28-39-75(86)62-32-22-17-23-33-62/h16-57H,1-15H3/i28D,29D. The van der Waals surface area contributed by atoms with Crippen LogP contribution < -0.4 is 26.2 Å². The highest BCUT2D eigenvalue weighted by atomic mass is 15.2. The fraction of sp³-hybridized carbons (Fsp3) is 0.209. The number of anilines is 6. The van der Waals surface area contributed by atoms with E-state index in [9.17, 15) is 2.74 Å². The Morgan fingerprint density at radius 2 is 0.585 bits per heavy atom. The molecule has 0 fully saturated rings. The van der Waals surface area contributed by atoms with Crippen LogP contribution in [0.1, 0.15) is 125 Å². The summed E-state index contributed by atoms with van der Waals surface area (Å²) in [6, 6.07) is 91.2. The maximum atomic E-state index is 9.80. The average molecular weight is 1220 g/mol. The van der Waals surface area contributed by atoms with Gasteiger partial charge < -0.3 is 9.80 Å². The Kier molecular flexibility index (Phi) is 14.8. The molecule has 14 rings (SSSR count). The number of hydrogen-bond acceptors (Lipinski definition) is 2. The SMILES string of the molecule is [2H]c1cc(-c2ccccc2)c(N2c3cc(-c4cc(C(C)(C)C)cc(C(C)(C)C)c4)ccc3B3c4ccc(-c5cc(C(C)(C)C)cc(C(C)(C)C)c5)cc4N(c4c(-c5ccccc5)cc([2H])cc4-c4ccccc4)c4cc(-c5c(C)cc(C)cc5C)cc2c43)c(-c2ccccc2)c1. The first-order valence-electron chi connectivity index (χ1n) is 34.7. The lowest BCUT2D eigenvalue weighted by Crippen LogP contribution is -2.61. The topological polar surface area (TPSA) is 6.48 Å². The zero-order chi connectivity index (χ0) is 67.5. The Balaban J connectivity index is 1.20. The lowest BCUT2D eigenvalue weighted by molar-refractivity contribution is 0.568. The van der Waals surface area contributed by atoms with E-state index >= 15 is 0 Å². The van der Waals surface area contributed by atoms with E-state index in [1.54, 1.807) is 0 Å². The summed E-state index contributed by atoms with van der Waals surface area (Å²) in [7, 11) is 0. The van der Waals surface area contributed by atoms with Crippen LogP contribution in [0.4, 0.5) is 34.1 Å². The molecule has 0 spiro atoms. The normalized spacial score (nSPS) is 13.3. The molecule has 0 saturated carbocycles. The maximum absolute atomic E-state index is 9.80. The summed E-state index contributed by atoms with van der Waals surface area (Å²) in [5, 5.41) is 0. The van der Waals surface area contributed by atoms with Crippen LogP contribution in [0.5, 0.6) is 0 Å². The lowest BCUT2D eigenvalue weighted by Gasteiger charge is -2.46. The van der Waals surface area contributed by atoms with Gasteiger partial charge in [-0.1, -0.05) is 319 Å². The van der Waals surface area contributed by atoms with E-state index in [0.717, 1.165) is 95.3 Å². The van der Waals surface area contributed by atoms with Gasteiger partial charge in [-0.25, -0.2) is 0 Å². The number of fused-ring (bicyclic) bond motifs is 4. The van der Waals surface area contributed by atoms with Gasteiger partial charge in [0.05, 0.1) is 14.1 Å². The van der Waals surface area contributed by atoms with Crippen LogP contribution in [0.2, 0.25) is 0 Å². The number of nitrogens with zero attached hydrogens (tertiary/aromatic N) is 2. The first-order valence-corrected chi connectivity index (χ1v) is 33.7. The van der Waals surface area contributed by atoms with Crippen molar-refractivity contribution in [1.82, 2.24) is 0 Å². The number of rotatable bonds is 9. The largest absolute Gasteiger partial charge is 0.310 e. The summed E-state index contributed by atoms with van der Waals surface area (Å²) >= 11 is 0. The van der Waals surface area contributed by atoms with Crippen LogP contribution in [0.3, 0.4) is 0 Å². The molecule has 2 aliphatic heterocycles. The van der Waals surface area contributed by atoms with Gasteiger partial charge in [0.15, 0.2) is 0 Å². The summed E-state index contributed by atoms with van der Waals surface area (Å²) in [5.74, 6) is 0. The Morgan fingerprint density at radius 1 is 0.287 bits per heavy atom. The highest BCUT2D eigenvalue weighted by Crippen LogP contribution is 2.55. The van der Waals surface area contributed by atoms with Gasteiger partial charge >= 0.3 is 0 Å². The van der Waals surface area contributed by atoms with Crippen LogP contribution >= 0.6 is 0 Å². The molecule has 2 aliphatic rings. The monoisotopic (exact) mass is 1220 g/mol. The van der Waals surface area contributed by atoms with Crippen molar-refractivity contribution in [3.8, 4) is 77.9 Å². The van der Waals surface area contributed by atoms with Gasteiger partial charge in [-0.05, 0) is 172 Å². The molecule has 0 unspecified atom stereocenters. The highest BCUT2D eigenvalue weighted by Gasteiger charge is 2.46. The van der Waals surface area contributed by atoms with E-state index in [4.69, 9.17) is 0 Å². The smallest absolute Gasteiger partial charge is 0.252 e. The Labute approximate surface area is 563 Å². The molecule has 3 heteroatoms. The molecule has 0 aromatic heterocycles. The van der Waals surface area contributed by atoms with E-state index in [1.165, 1.54) is 72.0 Å². The second-order valence-electron chi connectivity index (χ2n) is 30.7. The van der Waals surface area contributed by atoms with Gasteiger partial charge in [-0.3, -0.25) is 0 Å². The Bertz CT molecular complexity index is 4530. The van der Waals surface area contributed by atoms with Gasteiger partial charge in [0, 0.05) is 45.0 Å². The summed E-state index contributed by atoms with van der Waals surface area (Å²) in [6.45, 7) is 34.4. The average Bonchev–Trinajstić information content (AvgIpc) is 0.685. The van der Waals surface area contributed by atoms with Gasteiger partial charge in [-0.2, -0.15) is 0 Å². The molecule has 94 heavy (non-hydrogen) atoms. The van der Waals surface area contributed by atoms with Gasteiger partial charge in [0.1, 0.15) is 0 Å². The van der Waals surface area contributed by atoms with Gasteiger partial charge in [0.25, 0.3) is 6.71 Å². The number of para-hydroxylation sites is 2. The van der Waals surface area contributed by atoms with E-state index < -0.39 is 0 Å². The van der Waals surface area contributed by atoms with Crippen LogP contribution in [0, 0.1) is 20.8 Å². The maximum Gasteiger partial charge on any atom is 0.252 e.